The number of carbonyl (C=O) groups is 1. The monoisotopic (exact) mass is 130 g/mol. The summed E-state index contributed by atoms with van der Waals surface area (Å²) < 4.78 is 0. The fourth-order valence-corrected chi connectivity index (χ4v) is 0.502. The number of nitrogens with one attached hydrogen (secondary N) is 2. The predicted molar refractivity (Wildman–Crippen MR) is 37.0 cm³/mol. The Hall–Kier alpha value is -0.570. The lowest BCUT2D eigenvalue weighted by Crippen LogP contribution is -2.31. The molecule has 0 spiro atoms. The fourth-order valence-electron chi connectivity index (χ4n) is 0.502. The van der Waals surface area contributed by atoms with Crippen molar-refractivity contribution >= 4 is 5.91 Å². The molecule has 0 saturated carbocycles. The van der Waals surface area contributed by atoms with Gasteiger partial charge in [0.25, 0.3) is 0 Å². The van der Waals surface area contributed by atoms with Gasteiger partial charge in [0.1, 0.15) is 0 Å². The summed E-state index contributed by atoms with van der Waals surface area (Å²) in [6.45, 7) is 2.55. The molecule has 0 fully saturated rings. The van der Waals surface area contributed by atoms with E-state index < -0.39 is 0 Å². The van der Waals surface area contributed by atoms with Crippen molar-refractivity contribution in [2.45, 2.75) is 19.8 Å². The largest absolute Gasteiger partial charge is 0.344 e. The van der Waals surface area contributed by atoms with Crippen LogP contribution in [-0.2, 0) is 4.79 Å². The summed E-state index contributed by atoms with van der Waals surface area (Å²) in [5, 5.41) is 5.51. The molecule has 0 aliphatic rings. The standard InChI is InChI=1S/C6H14N2O/c1-3-4-6(9)8-5-7-2/h7H,3-5H2,1-2H3,(H,8,9). The van der Waals surface area contributed by atoms with E-state index in [1.165, 1.54) is 0 Å². The molecule has 0 saturated heterocycles. The molecular weight excluding hydrogens is 116 g/mol. The van der Waals surface area contributed by atoms with Gasteiger partial charge in [0.2, 0.25) is 5.91 Å². The van der Waals surface area contributed by atoms with Crippen molar-refractivity contribution in [1.82, 2.24) is 10.6 Å². The summed E-state index contributed by atoms with van der Waals surface area (Å²) >= 11 is 0. The first-order valence-corrected chi connectivity index (χ1v) is 3.22. The van der Waals surface area contributed by atoms with Crippen LogP contribution in [-0.4, -0.2) is 19.6 Å². The molecule has 1 amide bonds. The van der Waals surface area contributed by atoms with Gasteiger partial charge in [-0.25, -0.2) is 0 Å². The van der Waals surface area contributed by atoms with Gasteiger partial charge in [0.15, 0.2) is 0 Å². The van der Waals surface area contributed by atoms with E-state index >= 15 is 0 Å². The predicted octanol–water partition coefficient (Wildman–Crippen LogP) is 0.0796. The average Bonchev–Trinajstić information content (AvgIpc) is 1.85. The molecule has 0 aromatic heterocycles. The maximum atomic E-state index is 10.7. The minimum atomic E-state index is 0.117. The molecule has 0 aliphatic heterocycles. The molecule has 0 aliphatic carbocycles. The number of rotatable bonds is 4. The van der Waals surface area contributed by atoms with E-state index in [1.54, 1.807) is 7.05 Å². The van der Waals surface area contributed by atoms with E-state index in [0.717, 1.165) is 6.42 Å². The van der Waals surface area contributed by atoms with Crippen molar-refractivity contribution in [3.8, 4) is 0 Å². The quantitative estimate of drug-likeness (QED) is 0.529. The van der Waals surface area contributed by atoms with Crippen LogP contribution in [0.4, 0.5) is 0 Å². The van der Waals surface area contributed by atoms with Crippen LogP contribution in [0, 0.1) is 0 Å². The van der Waals surface area contributed by atoms with E-state index in [-0.39, 0.29) is 5.91 Å². The Morgan fingerprint density at radius 1 is 1.56 bits per heavy atom. The molecule has 3 nitrogen and oxygen atoms in total. The first kappa shape index (κ1) is 8.43. The zero-order valence-electron chi connectivity index (χ0n) is 6.03. The number of hydrogen-bond donors (Lipinski definition) is 2. The highest BCUT2D eigenvalue weighted by Gasteiger charge is 1.94. The van der Waals surface area contributed by atoms with E-state index in [9.17, 15) is 4.79 Å². The summed E-state index contributed by atoms with van der Waals surface area (Å²) in [5.74, 6) is 0.117. The highest BCUT2D eigenvalue weighted by molar-refractivity contribution is 5.75. The number of hydrogen-bond acceptors (Lipinski definition) is 2. The smallest absolute Gasteiger partial charge is 0.220 e. The third-order valence-corrected chi connectivity index (χ3v) is 0.939. The number of carbonyl (C=O) groups excluding carboxylic acids is 1. The van der Waals surface area contributed by atoms with E-state index in [0.29, 0.717) is 13.1 Å². The Morgan fingerprint density at radius 2 is 2.22 bits per heavy atom. The van der Waals surface area contributed by atoms with Gasteiger partial charge in [-0.15, -0.1) is 0 Å². The average molecular weight is 130 g/mol. The molecule has 3 heteroatoms. The molecule has 0 unspecified atom stereocenters. The molecule has 54 valence electrons. The molecule has 0 rings (SSSR count). The zero-order valence-corrected chi connectivity index (χ0v) is 6.03. The minimum Gasteiger partial charge on any atom is -0.344 e. The summed E-state index contributed by atoms with van der Waals surface area (Å²) in [5.41, 5.74) is 0. The van der Waals surface area contributed by atoms with Crippen LogP contribution in [0.2, 0.25) is 0 Å². The van der Waals surface area contributed by atoms with Gasteiger partial charge in [-0.3, -0.25) is 4.79 Å². The Balaban J connectivity index is 3.06. The van der Waals surface area contributed by atoms with Crippen molar-refractivity contribution in [2.75, 3.05) is 13.7 Å². The molecule has 0 atom stereocenters. The second-order valence-corrected chi connectivity index (χ2v) is 1.88. The van der Waals surface area contributed by atoms with E-state index in [1.807, 2.05) is 6.92 Å². The first-order valence-electron chi connectivity index (χ1n) is 3.22. The van der Waals surface area contributed by atoms with Crippen LogP contribution in [0.15, 0.2) is 0 Å². The van der Waals surface area contributed by atoms with Crippen molar-refractivity contribution in [1.29, 1.82) is 0 Å². The zero-order chi connectivity index (χ0) is 7.11. The number of amides is 1. The van der Waals surface area contributed by atoms with Crippen molar-refractivity contribution < 1.29 is 4.79 Å². The topological polar surface area (TPSA) is 41.1 Å². The molecule has 0 aromatic carbocycles. The summed E-state index contributed by atoms with van der Waals surface area (Å²) in [7, 11) is 1.80. The second-order valence-electron chi connectivity index (χ2n) is 1.88. The van der Waals surface area contributed by atoms with Crippen molar-refractivity contribution in [2.24, 2.45) is 0 Å². The Kier molecular flexibility index (Phi) is 5.21. The highest BCUT2D eigenvalue weighted by Crippen LogP contribution is 1.83. The van der Waals surface area contributed by atoms with Gasteiger partial charge < -0.3 is 10.6 Å². The summed E-state index contributed by atoms with van der Waals surface area (Å²) in [6, 6.07) is 0. The van der Waals surface area contributed by atoms with Crippen LogP contribution in [0.3, 0.4) is 0 Å². The normalized spacial score (nSPS) is 9.11. The van der Waals surface area contributed by atoms with Crippen LogP contribution >= 0.6 is 0 Å². The lowest BCUT2D eigenvalue weighted by Gasteiger charge is -2.00. The van der Waals surface area contributed by atoms with Gasteiger partial charge >= 0.3 is 0 Å². The van der Waals surface area contributed by atoms with Crippen molar-refractivity contribution in [3.63, 3.8) is 0 Å². The van der Waals surface area contributed by atoms with Crippen LogP contribution in [0.5, 0.6) is 0 Å². The van der Waals surface area contributed by atoms with E-state index in [4.69, 9.17) is 0 Å². The van der Waals surface area contributed by atoms with Gasteiger partial charge in [-0.05, 0) is 13.5 Å². The van der Waals surface area contributed by atoms with Gasteiger partial charge in [-0.2, -0.15) is 0 Å². The fraction of sp³-hybridized carbons (Fsp3) is 0.833. The lowest BCUT2D eigenvalue weighted by atomic mass is 10.3. The molecular formula is C6H14N2O. The van der Waals surface area contributed by atoms with Crippen LogP contribution in [0.25, 0.3) is 0 Å². The lowest BCUT2D eigenvalue weighted by molar-refractivity contribution is -0.121. The Labute approximate surface area is 55.8 Å². The molecule has 2 N–H and O–H groups in total. The molecule has 0 bridgehead atoms. The second kappa shape index (κ2) is 5.56. The first-order chi connectivity index (χ1) is 4.31. The van der Waals surface area contributed by atoms with Gasteiger partial charge in [0.05, 0.1) is 6.67 Å². The van der Waals surface area contributed by atoms with Gasteiger partial charge in [-0.1, -0.05) is 6.92 Å². The Morgan fingerprint density at radius 3 is 2.67 bits per heavy atom. The van der Waals surface area contributed by atoms with E-state index in [2.05, 4.69) is 10.6 Å². The molecule has 0 aromatic rings. The van der Waals surface area contributed by atoms with Crippen LogP contribution < -0.4 is 10.6 Å². The van der Waals surface area contributed by atoms with Crippen LogP contribution in [0.1, 0.15) is 19.8 Å². The maximum Gasteiger partial charge on any atom is 0.220 e. The van der Waals surface area contributed by atoms with Crippen molar-refractivity contribution in [3.05, 3.63) is 0 Å². The van der Waals surface area contributed by atoms with Gasteiger partial charge in [0, 0.05) is 6.42 Å². The third-order valence-electron chi connectivity index (χ3n) is 0.939. The Bertz CT molecular complexity index is 83.1. The summed E-state index contributed by atoms with van der Waals surface area (Å²) in [4.78, 5) is 10.7. The highest BCUT2D eigenvalue weighted by atomic mass is 16.1. The minimum absolute atomic E-state index is 0.117. The maximum absolute atomic E-state index is 10.7. The molecule has 9 heavy (non-hydrogen) atoms. The third kappa shape index (κ3) is 5.30. The molecule has 0 heterocycles. The SMILES string of the molecule is CCCC(=O)NCNC. The molecule has 0 radical (unpaired) electrons. The summed E-state index contributed by atoms with van der Waals surface area (Å²) in [6.07, 6.45) is 1.54.